The summed E-state index contributed by atoms with van der Waals surface area (Å²) in [5.41, 5.74) is 4.87. The van der Waals surface area contributed by atoms with Gasteiger partial charge in [0.1, 0.15) is 5.65 Å². The van der Waals surface area contributed by atoms with Crippen LogP contribution in [0.3, 0.4) is 0 Å². The molecule has 0 aliphatic carbocycles. The van der Waals surface area contributed by atoms with Gasteiger partial charge in [-0.15, -0.1) is 11.3 Å². The first-order valence-corrected chi connectivity index (χ1v) is 11.3. The minimum absolute atomic E-state index is 0.0412. The van der Waals surface area contributed by atoms with E-state index in [9.17, 15) is 4.79 Å². The van der Waals surface area contributed by atoms with Crippen LogP contribution in [0.25, 0.3) is 5.65 Å². The zero-order valence-corrected chi connectivity index (χ0v) is 18.4. The quantitative estimate of drug-likeness (QED) is 0.434. The lowest BCUT2D eigenvalue weighted by molar-refractivity contribution is 0.603. The highest BCUT2D eigenvalue weighted by molar-refractivity contribution is 7.10. The van der Waals surface area contributed by atoms with Crippen LogP contribution in [-0.2, 0) is 6.54 Å². The van der Waals surface area contributed by atoms with Gasteiger partial charge in [0.15, 0.2) is 0 Å². The Kier molecular flexibility index (Phi) is 6.11. The third kappa shape index (κ3) is 4.23. The van der Waals surface area contributed by atoms with Gasteiger partial charge in [-0.3, -0.25) is 14.5 Å². The average Bonchev–Trinajstić information content (AvgIpc) is 3.28. The van der Waals surface area contributed by atoms with E-state index in [1.54, 1.807) is 21.8 Å². The molecule has 0 aliphatic rings. The molecule has 0 saturated heterocycles. The number of thiophene rings is 1. The summed E-state index contributed by atoms with van der Waals surface area (Å²) in [7, 11) is 0. The van der Waals surface area contributed by atoms with E-state index in [0.717, 1.165) is 17.8 Å². The summed E-state index contributed by atoms with van der Waals surface area (Å²) >= 11 is 1.73. The van der Waals surface area contributed by atoms with Crippen LogP contribution in [-0.4, -0.2) is 9.38 Å². The Morgan fingerprint density at radius 1 is 1.07 bits per heavy atom. The van der Waals surface area contributed by atoms with Crippen LogP contribution in [0.1, 0.15) is 59.6 Å². The van der Waals surface area contributed by atoms with Gasteiger partial charge in [0.25, 0.3) is 5.56 Å². The highest BCUT2D eigenvalue weighted by Crippen LogP contribution is 2.28. The Morgan fingerprint density at radius 2 is 1.83 bits per heavy atom. The Bertz CT molecular complexity index is 1180. The molecule has 4 aromatic rings. The van der Waals surface area contributed by atoms with Crippen LogP contribution in [0.4, 0.5) is 0 Å². The number of hydrogen-bond donors (Lipinski definition) is 1. The number of hydrogen-bond acceptors (Lipinski definition) is 4. The number of nitrogens with one attached hydrogen (secondary N) is 1. The molecule has 30 heavy (non-hydrogen) atoms. The lowest BCUT2D eigenvalue weighted by atomic mass is 9.95. The second kappa shape index (κ2) is 8.94. The summed E-state index contributed by atoms with van der Waals surface area (Å²) in [6.45, 7) is 6.92. The van der Waals surface area contributed by atoms with E-state index in [2.05, 4.69) is 60.9 Å². The van der Waals surface area contributed by atoms with E-state index >= 15 is 0 Å². The summed E-state index contributed by atoms with van der Waals surface area (Å²) in [5.74, 6) is 0.561. The van der Waals surface area contributed by atoms with E-state index in [1.807, 2.05) is 25.1 Å². The van der Waals surface area contributed by atoms with Crippen molar-refractivity contribution in [1.29, 1.82) is 0 Å². The van der Waals surface area contributed by atoms with Gasteiger partial charge in [-0.05, 0) is 54.0 Å². The van der Waals surface area contributed by atoms with Crippen molar-refractivity contribution >= 4 is 17.0 Å². The second-order valence-electron chi connectivity index (χ2n) is 7.75. The van der Waals surface area contributed by atoms with Crippen molar-refractivity contribution < 1.29 is 0 Å². The molecule has 0 bridgehead atoms. The molecular formula is C25H27N3OS. The Labute approximate surface area is 181 Å². The normalized spacial score (nSPS) is 13.4. The zero-order chi connectivity index (χ0) is 21.1. The second-order valence-corrected chi connectivity index (χ2v) is 8.73. The van der Waals surface area contributed by atoms with Crippen molar-refractivity contribution in [2.45, 2.75) is 45.7 Å². The van der Waals surface area contributed by atoms with Crippen molar-refractivity contribution in [1.82, 2.24) is 14.7 Å². The summed E-state index contributed by atoms with van der Waals surface area (Å²) in [6, 6.07) is 20.5. The first kappa shape index (κ1) is 20.5. The third-order valence-corrected chi connectivity index (χ3v) is 6.64. The monoisotopic (exact) mass is 417 g/mol. The van der Waals surface area contributed by atoms with Crippen LogP contribution in [0.15, 0.2) is 70.8 Å². The standard InChI is InChI=1S/C25H27N3OS/c1-4-17(2)19-10-12-20(13-11-19)25(22-8-6-14-30-22)26-16-21-15-24(29)28-18(3)7-5-9-23(28)27-21/h5-15,17,25-26H,4,16H2,1-3H3/t17-,25-/m1/s1. The molecule has 0 unspecified atom stereocenters. The molecular weight excluding hydrogens is 390 g/mol. The number of rotatable bonds is 7. The van der Waals surface area contributed by atoms with Crippen molar-refractivity contribution in [3.63, 3.8) is 0 Å². The summed E-state index contributed by atoms with van der Waals surface area (Å²) in [4.78, 5) is 18.5. The van der Waals surface area contributed by atoms with E-state index in [-0.39, 0.29) is 11.6 Å². The van der Waals surface area contributed by atoms with E-state index in [4.69, 9.17) is 4.98 Å². The fraction of sp³-hybridized carbons (Fsp3) is 0.280. The maximum absolute atomic E-state index is 12.6. The molecule has 5 heteroatoms. The van der Waals surface area contributed by atoms with Gasteiger partial charge in [-0.2, -0.15) is 0 Å². The first-order valence-electron chi connectivity index (χ1n) is 10.4. The molecule has 0 spiro atoms. The third-order valence-electron chi connectivity index (χ3n) is 5.70. The number of benzene rings is 1. The first-order chi connectivity index (χ1) is 14.6. The number of aryl methyl sites for hydroxylation is 1. The maximum atomic E-state index is 12.6. The molecule has 0 aliphatic heterocycles. The average molecular weight is 418 g/mol. The molecule has 154 valence electrons. The molecule has 3 aromatic heterocycles. The smallest absolute Gasteiger partial charge is 0.258 e. The fourth-order valence-electron chi connectivity index (χ4n) is 3.75. The largest absolute Gasteiger partial charge is 0.300 e. The Morgan fingerprint density at radius 3 is 2.53 bits per heavy atom. The minimum atomic E-state index is -0.0412. The van der Waals surface area contributed by atoms with E-state index in [1.165, 1.54) is 16.0 Å². The van der Waals surface area contributed by atoms with Crippen LogP contribution in [0, 0.1) is 6.92 Å². The molecule has 1 N–H and O–H groups in total. The van der Waals surface area contributed by atoms with Gasteiger partial charge >= 0.3 is 0 Å². The maximum Gasteiger partial charge on any atom is 0.258 e. The van der Waals surface area contributed by atoms with Crippen LogP contribution in [0.2, 0.25) is 0 Å². The molecule has 0 amide bonds. The molecule has 4 nitrogen and oxygen atoms in total. The summed E-state index contributed by atoms with van der Waals surface area (Å²) in [5, 5.41) is 5.72. The van der Waals surface area contributed by atoms with E-state index < -0.39 is 0 Å². The topological polar surface area (TPSA) is 46.4 Å². The molecule has 0 radical (unpaired) electrons. The van der Waals surface area contributed by atoms with Crippen LogP contribution >= 0.6 is 11.3 Å². The fourth-order valence-corrected chi connectivity index (χ4v) is 4.58. The van der Waals surface area contributed by atoms with Crippen LogP contribution < -0.4 is 10.9 Å². The van der Waals surface area contributed by atoms with Crippen molar-refractivity contribution in [3.05, 3.63) is 104 Å². The highest BCUT2D eigenvalue weighted by Gasteiger charge is 2.16. The number of pyridine rings is 1. The Hall–Kier alpha value is -2.76. The molecule has 4 rings (SSSR count). The predicted octanol–water partition coefficient (Wildman–Crippen LogP) is 5.46. The number of aromatic nitrogens is 2. The number of fused-ring (bicyclic) bond motifs is 1. The van der Waals surface area contributed by atoms with Gasteiger partial charge in [-0.1, -0.05) is 50.2 Å². The predicted molar refractivity (Wildman–Crippen MR) is 124 cm³/mol. The van der Waals surface area contributed by atoms with Crippen molar-refractivity contribution in [3.8, 4) is 0 Å². The lowest BCUT2D eigenvalue weighted by Gasteiger charge is -2.19. The van der Waals surface area contributed by atoms with Gasteiger partial charge < -0.3 is 0 Å². The van der Waals surface area contributed by atoms with Gasteiger partial charge in [0.2, 0.25) is 0 Å². The minimum Gasteiger partial charge on any atom is -0.300 e. The van der Waals surface area contributed by atoms with Gasteiger partial charge in [0, 0.05) is 23.2 Å². The molecule has 1 aromatic carbocycles. The van der Waals surface area contributed by atoms with E-state index in [0.29, 0.717) is 18.1 Å². The summed E-state index contributed by atoms with van der Waals surface area (Å²) in [6.07, 6.45) is 1.13. The Balaban J connectivity index is 1.61. The van der Waals surface area contributed by atoms with Crippen LogP contribution in [0.5, 0.6) is 0 Å². The molecule has 2 atom stereocenters. The molecule has 0 saturated carbocycles. The lowest BCUT2D eigenvalue weighted by Crippen LogP contribution is -2.24. The van der Waals surface area contributed by atoms with Gasteiger partial charge in [-0.25, -0.2) is 4.98 Å². The number of nitrogens with zero attached hydrogens (tertiary/aromatic N) is 2. The summed E-state index contributed by atoms with van der Waals surface area (Å²) < 4.78 is 1.65. The zero-order valence-electron chi connectivity index (χ0n) is 17.6. The SMILES string of the molecule is CC[C@@H](C)c1ccc([C@@H](NCc2cc(=O)n3c(C)cccc3n2)c2cccs2)cc1. The molecule has 3 heterocycles. The van der Waals surface area contributed by atoms with Crippen molar-refractivity contribution in [2.24, 2.45) is 0 Å². The van der Waals surface area contributed by atoms with Crippen molar-refractivity contribution in [2.75, 3.05) is 0 Å². The van der Waals surface area contributed by atoms with Gasteiger partial charge in [0.05, 0.1) is 11.7 Å². The highest BCUT2D eigenvalue weighted by atomic mass is 32.1. The molecule has 0 fully saturated rings.